The van der Waals surface area contributed by atoms with Crippen LogP contribution in [0.3, 0.4) is 0 Å². The zero-order valence-corrected chi connectivity index (χ0v) is 12.5. The SMILES string of the molecule is Cc1ccc(-c2noc3ncnc(NC4CCCC4)c23)cc1. The molecule has 0 atom stereocenters. The third-order valence-corrected chi connectivity index (χ3v) is 4.29. The van der Waals surface area contributed by atoms with Crippen molar-refractivity contribution in [3.8, 4) is 11.3 Å². The van der Waals surface area contributed by atoms with Crippen LogP contribution in [0.2, 0.25) is 0 Å². The molecule has 0 radical (unpaired) electrons. The van der Waals surface area contributed by atoms with Gasteiger partial charge >= 0.3 is 0 Å². The minimum Gasteiger partial charge on any atom is -0.367 e. The van der Waals surface area contributed by atoms with Crippen LogP contribution in [0.25, 0.3) is 22.4 Å². The summed E-state index contributed by atoms with van der Waals surface area (Å²) in [5, 5.41) is 8.63. The van der Waals surface area contributed by atoms with E-state index in [0.717, 1.165) is 22.5 Å². The van der Waals surface area contributed by atoms with E-state index in [1.165, 1.54) is 37.6 Å². The monoisotopic (exact) mass is 294 g/mol. The van der Waals surface area contributed by atoms with E-state index in [2.05, 4.69) is 51.6 Å². The van der Waals surface area contributed by atoms with Crippen molar-refractivity contribution in [1.82, 2.24) is 15.1 Å². The molecule has 0 unspecified atom stereocenters. The van der Waals surface area contributed by atoms with E-state index in [0.29, 0.717) is 11.8 Å². The maximum Gasteiger partial charge on any atom is 0.263 e. The second-order valence-electron chi connectivity index (χ2n) is 5.93. The number of benzene rings is 1. The number of nitrogens with one attached hydrogen (secondary N) is 1. The third kappa shape index (κ3) is 2.32. The number of rotatable bonds is 3. The van der Waals surface area contributed by atoms with Crippen LogP contribution in [0, 0.1) is 6.92 Å². The molecule has 0 spiro atoms. The van der Waals surface area contributed by atoms with Crippen molar-refractivity contribution >= 4 is 16.9 Å². The predicted octanol–water partition coefficient (Wildman–Crippen LogP) is 3.95. The fraction of sp³-hybridized carbons (Fsp3) is 0.353. The molecule has 2 heterocycles. The lowest BCUT2D eigenvalue weighted by molar-refractivity contribution is 0.451. The summed E-state index contributed by atoms with van der Waals surface area (Å²) in [4.78, 5) is 8.62. The summed E-state index contributed by atoms with van der Waals surface area (Å²) in [6.45, 7) is 2.07. The average Bonchev–Trinajstić information content (AvgIpc) is 3.18. The highest BCUT2D eigenvalue weighted by molar-refractivity contribution is 5.97. The van der Waals surface area contributed by atoms with Crippen LogP contribution in [0.5, 0.6) is 0 Å². The molecule has 1 aliphatic rings. The Labute approximate surface area is 128 Å². The van der Waals surface area contributed by atoms with E-state index in [1.54, 1.807) is 0 Å². The standard InChI is InChI=1S/C17H18N4O/c1-11-6-8-12(9-7-11)15-14-16(20-13-4-2-3-5-13)18-10-19-17(14)22-21-15/h6-10,13H,2-5H2,1H3,(H,18,19,20). The first-order valence-corrected chi connectivity index (χ1v) is 7.75. The Hall–Kier alpha value is -2.43. The predicted molar refractivity (Wildman–Crippen MR) is 85.7 cm³/mol. The van der Waals surface area contributed by atoms with Crippen molar-refractivity contribution < 1.29 is 4.52 Å². The van der Waals surface area contributed by atoms with E-state index >= 15 is 0 Å². The molecule has 3 aromatic rings. The Morgan fingerprint density at radius 1 is 1.09 bits per heavy atom. The lowest BCUT2D eigenvalue weighted by Gasteiger charge is -2.13. The molecule has 0 saturated heterocycles. The third-order valence-electron chi connectivity index (χ3n) is 4.29. The van der Waals surface area contributed by atoms with Crippen LogP contribution in [-0.2, 0) is 0 Å². The largest absolute Gasteiger partial charge is 0.367 e. The molecule has 1 aliphatic carbocycles. The summed E-state index contributed by atoms with van der Waals surface area (Å²) in [5.41, 5.74) is 3.58. The Balaban J connectivity index is 1.80. The van der Waals surface area contributed by atoms with E-state index in [9.17, 15) is 0 Å². The Bertz CT molecular complexity index is 788. The van der Waals surface area contributed by atoms with E-state index < -0.39 is 0 Å². The van der Waals surface area contributed by atoms with Gasteiger partial charge in [-0.05, 0) is 19.8 Å². The number of aryl methyl sites for hydroxylation is 1. The van der Waals surface area contributed by atoms with Crippen LogP contribution in [-0.4, -0.2) is 21.2 Å². The molecule has 4 rings (SSSR count). The van der Waals surface area contributed by atoms with Gasteiger partial charge < -0.3 is 9.84 Å². The molecular weight excluding hydrogens is 276 g/mol. The Kier molecular flexibility index (Phi) is 3.25. The Morgan fingerprint density at radius 2 is 1.86 bits per heavy atom. The molecule has 112 valence electrons. The van der Waals surface area contributed by atoms with Crippen LogP contribution >= 0.6 is 0 Å². The average molecular weight is 294 g/mol. The van der Waals surface area contributed by atoms with Gasteiger partial charge in [0, 0.05) is 11.6 Å². The van der Waals surface area contributed by atoms with Gasteiger partial charge in [0.1, 0.15) is 23.2 Å². The fourth-order valence-electron chi connectivity index (χ4n) is 3.07. The molecule has 0 amide bonds. The normalized spacial score (nSPS) is 15.5. The van der Waals surface area contributed by atoms with Crippen molar-refractivity contribution in [3.63, 3.8) is 0 Å². The number of hydrogen-bond acceptors (Lipinski definition) is 5. The Morgan fingerprint density at radius 3 is 2.64 bits per heavy atom. The molecule has 5 heteroatoms. The van der Waals surface area contributed by atoms with Crippen LogP contribution in [0.15, 0.2) is 35.1 Å². The smallest absolute Gasteiger partial charge is 0.263 e. The highest BCUT2D eigenvalue weighted by Gasteiger charge is 2.20. The lowest BCUT2D eigenvalue weighted by Crippen LogP contribution is -2.15. The van der Waals surface area contributed by atoms with Gasteiger partial charge in [-0.2, -0.15) is 4.98 Å². The topological polar surface area (TPSA) is 63.8 Å². The van der Waals surface area contributed by atoms with Gasteiger partial charge in [-0.15, -0.1) is 0 Å². The van der Waals surface area contributed by atoms with Gasteiger partial charge in [0.05, 0.1) is 0 Å². The summed E-state index contributed by atoms with van der Waals surface area (Å²) in [6.07, 6.45) is 6.47. The van der Waals surface area contributed by atoms with E-state index in [1.807, 2.05) is 0 Å². The zero-order valence-electron chi connectivity index (χ0n) is 12.5. The molecule has 1 aromatic carbocycles. The van der Waals surface area contributed by atoms with E-state index in [-0.39, 0.29) is 0 Å². The number of nitrogens with zero attached hydrogens (tertiary/aromatic N) is 3. The van der Waals surface area contributed by atoms with Gasteiger partial charge in [0.25, 0.3) is 5.71 Å². The number of fused-ring (bicyclic) bond motifs is 1. The van der Waals surface area contributed by atoms with Crippen molar-refractivity contribution in [2.24, 2.45) is 0 Å². The van der Waals surface area contributed by atoms with Crippen molar-refractivity contribution in [1.29, 1.82) is 0 Å². The maximum atomic E-state index is 5.40. The van der Waals surface area contributed by atoms with Crippen molar-refractivity contribution in [2.75, 3.05) is 5.32 Å². The van der Waals surface area contributed by atoms with Crippen molar-refractivity contribution in [2.45, 2.75) is 38.6 Å². The summed E-state index contributed by atoms with van der Waals surface area (Å²) in [7, 11) is 0. The first kappa shape index (κ1) is 13.2. The van der Waals surface area contributed by atoms with Gasteiger partial charge in [-0.25, -0.2) is 4.98 Å². The minimum absolute atomic E-state index is 0.485. The maximum absolute atomic E-state index is 5.40. The summed E-state index contributed by atoms with van der Waals surface area (Å²) >= 11 is 0. The molecule has 1 saturated carbocycles. The molecule has 0 aliphatic heterocycles. The zero-order chi connectivity index (χ0) is 14.9. The van der Waals surface area contributed by atoms with Gasteiger partial charge in [-0.3, -0.25) is 0 Å². The molecule has 22 heavy (non-hydrogen) atoms. The van der Waals surface area contributed by atoms with E-state index in [4.69, 9.17) is 4.52 Å². The second kappa shape index (κ2) is 5.40. The van der Waals surface area contributed by atoms with Gasteiger partial charge in [-0.1, -0.05) is 47.8 Å². The first-order valence-electron chi connectivity index (χ1n) is 7.75. The molecular formula is C17H18N4O. The quantitative estimate of drug-likeness (QED) is 0.792. The molecule has 5 nitrogen and oxygen atoms in total. The first-order chi connectivity index (χ1) is 10.8. The summed E-state index contributed by atoms with van der Waals surface area (Å²) in [5.74, 6) is 0.828. The van der Waals surface area contributed by atoms with Crippen LogP contribution in [0.4, 0.5) is 5.82 Å². The van der Waals surface area contributed by atoms with Crippen LogP contribution in [0.1, 0.15) is 31.2 Å². The number of aromatic nitrogens is 3. The fourth-order valence-corrected chi connectivity index (χ4v) is 3.07. The van der Waals surface area contributed by atoms with Crippen molar-refractivity contribution in [3.05, 3.63) is 36.2 Å². The van der Waals surface area contributed by atoms with Gasteiger partial charge in [0.15, 0.2) is 0 Å². The number of anilines is 1. The molecule has 0 bridgehead atoms. The molecule has 1 fully saturated rings. The summed E-state index contributed by atoms with van der Waals surface area (Å²) in [6, 6.07) is 8.74. The highest BCUT2D eigenvalue weighted by atomic mass is 16.5. The molecule has 1 N–H and O–H groups in total. The second-order valence-corrected chi connectivity index (χ2v) is 5.93. The molecule has 2 aromatic heterocycles. The highest BCUT2D eigenvalue weighted by Crippen LogP contribution is 2.32. The van der Waals surface area contributed by atoms with Gasteiger partial charge in [0.2, 0.25) is 0 Å². The minimum atomic E-state index is 0.485. The lowest BCUT2D eigenvalue weighted by atomic mass is 10.1. The van der Waals surface area contributed by atoms with Crippen LogP contribution < -0.4 is 5.32 Å². The number of hydrogen-bond donors (Lipinski definition) is 1. The summed E-state index contributed by atoms with van der Waals surface area (Å²) < 4.78 is 5.40.